The zero-order valence-electron chi connectivity index (χ0n) is 22.6. The highest BCUT2D eigenvalue weighted by Crippen LogP contribution is 2.48. The van der Waals surface area contributed by atoms with Crippen LogP contribution < -0.4 is 10.6 Å². The molecule has 1 aromatic carbocycles. The van der Waals surface area contributed by atoms with Crippen molar-refractivity contribution in [1.82, 2.24) is 10.6 Å². The molecular formula is C26H41N3O8. The minimum atomic E-state index is -2.12. The number of rotatable bonds is 10. The lowest BCUT2D eigenvalue weighted by atomic mass is 9.80. The van der Waals surface area contributed by atoms with E-state index in [-0.39, 0.29) is 42.3 Å². The van der Waals surface area contributed by atoms with E-state index in [1.165, 1.54) is 6.07 Å². The summed E-state index contributed by atoms with van der Waals surface area (Å²) in [5.74, 6) is -3.80. The Labute approximate surface area is 218 Å². The summed E-state index contributed by atoms with van der Waals surface area (Å²) in [4.78, 5) is 36.3. The molecule has 1 amide bonds. The third-order valence-electron chi connectivity index (χ3n) is 6.45. The average molecular weight is 524 g/mol. The molecule has 0 spiro atoms. The Morgan fingerprint density at radius 2 is 1.92 bits per heavy atom. The molecule has 2 aliphatic heterocycles. The number of carboxylic acids is 1. The second-order valence-corrected chi connectivity index (χ2v) is 10.2. The van der Waals surface area contributed by atoms with Crippen LogP contribution in [0.25, 0.3) is 0 Å². The van der Waals surface area contributed by atoms with E-state index in [9.17, 15) is 24.8 Å². The normalized spacial score (nSPS) is 25.6. The molecule has 0 saturated carbocycles. The number of hydrogen-bond acceptors (Lipinski definition) is 8. The minimum absolute atomic E-state index is 0.00192. The van der Waals surface area contributed by atoms with Gasteiger partial charge >= 0.3 is 5.97 Å². The standard InChI is InChI=1S/C24H35N3O8.C2H6/c1-15(2)11-19(25-14-26-21(28)16-9-10-33-12-16)24(22(29)30)34-13-23(3,4)20(35-24)17-7-5-6-8-18(17)27(31)32;1-2/h5-8,15-16,19-20,25H,9-14H2,1-4H3,(H,26,28)(H,29,30);1-2H3/t16-,19+,20?,24?;/m1./s1. The van der Waals surface area contributed by atoms with E-state index >= 15 is 0 Å². The number of carbonyl (C=O) groups is 2. The number of aliphatic carboxylic acids is 1. The SMILES string of the molecule is CC.CC(C)C[C@H](NCNC(=O)[C@@H]1CCOC1)C1(C(=O)O)OCC(C)(C)C(c2ccccc2[N+](=O)[O-])O1. The molecule has 0 bridgehead atoms. The number of ether oxygens (including phenoxy) is 3. The van der Waals surface area contributed by atoms with Crippen molar-refractivity contribution in [1.29, 1.82) is 0 Å². The van der Waals surface area contributed by atoms with Crippen LogP contribution >= 0.6 is 0 Å². The van der Waals surface area contributed by atoms with Crippen LogP contribution in [0.1, 0.15) is 66.1 Å². The number of nitro benzene ring substituents is 1. The molecule has 0 aliphatic carbocycles. The third-order valence-corrected chi connectivity index (χ3v) is 6.45. The van der Waals surface area contributed by atoms with Crippen molar-refractivity contribution in [2.45, 2.75) is 72.3 Å². The second kappa shape index (κ2) is 13.3. The van der Waals surface area contributed by atoms with Crippen molar-refractivity contribution in [2.75, 3.05) is 26.5 Å². The van der Waals surface area contributed by atoms with Gasteiger partial charge in [-0.15, -0.1) is 0 Å². The van der Waals surface area contributed by atoms with Gasteiger partial charge in [0.2, 0.25) is 5.91 Å². The van der Waals surface area contributed by atoms with Gasteiger partial charge in [-0.3, -0.25) is 20.2 Å². The van der Waals surface area contributed by atoms with Gasteiger partial charge in [0.25, 0.3) is 11.5 Å². The van der Waals surface area contributed by atoms with E-state index < -0.39 is 34.2 Å². The second-order valence-electron chi connectivity index (χ2n) is 10.2. The van der Waals surface area contributed by atoms with Gasteiger partial charge in [-0.25, -0.2) is 4.79 Å². The molecule has 2 saturated heterocycles. The molecule has 4 atom stereocenters. The Kier molecular flexibility index (Phi) is 11.0. The number of benzene rings is 1. The lowest BCUT2D eigenvalue weighted by molar-refractivity contribution is -0.389. The van der Waals surface area contributed by atoms with Crippen LogP contribution in [0, 0.1) is 27.4 Å². The van der Waals surface area contributed by atoms with Crippen molar-refractivity contribution < 1.29 is 33.8 Å². The smallest absolute Gasteiger partial charge is 0.366 e. The minimum Gasteiger partial charge on any atom is -0.477 e. The molecule has 2 fully saturated rings. The molecule has 11 nitrogen and oxygen atoms in total. The zero-order chi connectivity index (χ0) is 27.8. The molecular weight excluding hydrogens is 482 g/mol. The van der Waals surface area contributed by atoms with Gasteiger partial charge in [0.05, 0.1) is 42.3 Å². The molecule has 2 heterocycles. The maximum atomic E-state index is 12.7. The summed E-state index contributed by atoms with van der Waals surface area (Å²) in [7, 11) is 0. The summed E-state index contributed by atoms with van der Waals surface area (Å²) >= 11 is 0. The first-order chi connectivity index (χ1) is 17.5. The number of para-hydroxylation sites is 1. The maximum Gasteiger partial charge on any atom is 0.366 e. The van der Waals surface area contributed by atoms with Crippen LogP contribution in [0.15, 0.2) is 24.3 Å². The summed E-state index contributed by atoms with van der Waals surface area (Å²) in [6.45, 7) is 12.4. The van der Waals surface area contributed by atoms with Crippen LogP contribution in [0.2, 0.25) is 0 Å². The first-order valence-electron chi connectivity index (χ1n) is 12.8. The van der Waals surface area contributed by atoms with Crippen molar-refractivity contribution >= 4 is 17.6 Å². The summed E-state index contributed by atoms with van der Waals surface area (Å²) in [6.07, 6.45) is 0.0772. The largest absolute Gasteiger partial charge is 0.477 e. The Bertz CT molecular complexity index is 932. The zero-order valence-corrected chi connectivity index (χ0v) is 22.6. The van der Waals surface area contributed by atoms with Crippen LogP contribution in [-0.2, 0) is 23.8 Å². The van der Waals surface area contributed by atoms with Crippen molar-refractivity contribution in [3.05, 3.63) is 39.9 Å². The predicted molar refractivity (Wildman–Crippen MR) is 137 cm³/mol. The van der Waals surface area contributed by atoms with Crippen LogP contribution in [0.3, 0.4) is 0 Å². The molecule has 1 aromatic rings. The van der Waals surface area contributed by atoms with E-state index in [0.29, 0.717) is 26.1 Å². The average Bonchev–Trinajstić information content (AvgIpc) is 3.39. The highest BCUT2D eigenvalue weighted by atomic mass is 16.7. The highest BCUT2D eigenvalue weighted by Gasteiger charge is 2.57. The number of nitrogens with one attached hydrogen (secondary N) is 2. The van der Waals surface area contributed by atoms with Crippen LogP contribution in [-0.4, -0.2) is 60.2 Å². The van der Waals surface area contributed by atoms with Gasteiger partial charge < -0.3 is 24.6 Å². The quantitative estimate of drug-likeness (QED) is 0.237. The Balaban J connectivity index is 0.00000235. The Morgan fingerprint density at radius 1 is 1.24 bits per heavy atom. The van der Waals surface area contributed by atoms with Gasteiger partial charge in [0.15, 0.2) is 0 Å². The van der Waals surface area contributed by atoms with Gasteiger partial charge in [-0.1, -0.05) is 53.7 Å². The molecule has 0 aromatic heterocycles. The van der Waals surface area contributed by atoms with Crippen LogP contribution in [0.4, 0.5) is 5.69 Å². The molecule has 3 rings (SSSR count). The monoisotopic (exact) mass is 523 g/mol. The predicted octanol–water partition coefficient (Wildman–Crippen LogP) is 3.63. The van der Waals surface area contributed by atoms with Gasteiger partial charge in [0, 0.05) is 18.1 Å². The van der Waals surface area contributed by atoms with Gasteiger partial charge in [0.1, 0.15) is 6.10 Å². The van der Waals surface area contributed by atoms with E-state index in [0.717, 1.165) is 0 Å². The number of amides is 1. The maximum absolute atomic E-state index is 12.7. The molecule has 2 unspecified atom stereocenters. The molecule has 11 heteroatoms. The van der Waals surface area contributed by atoms with E-state index in [1.807, 2.05) is 41.5 Å². The Morgan fingerprint density at radius 3 is 2.49 bits per heavy atom. The van der Waals surface area contributed by atoms with Gasteiger partial charge in [-0.05, 0) is 24.8 Å². The van der Waals surface area contributed by atoms with Crippen molar-refractivity contribution in [3.8, 4) is 0 Å². The molecule has 3 N–H and O–H groups in total. The lowest BCUT2D eigenvalue weighted by Crippen LogP contribution is -2.65. The van der Waals surface area contributed by atoms with Crippen molar-refractivity contribution in [2.24, 2.45) is 17.3 Å². The molecule has 0 radical (unpaired) electrons. The van der Waals surface area contributed by atoms with E-state index in [2.05, 4.69) is 10.6 Å². The lowest BCUT2D eigenvalue weighted by Gasteiger charge is -2.49. The fraction of sp³-hybridized carbons (Fsp3) is 0.692. The third kappa shape index (κ3) is 7.25. The first-order valence-corrected chi connectivity index (χ1v) is 12.8. The fourth-order valence-corrected chi connectivity index (χ4v) is 4.53. The summed E-state index contributed by atoms with van der Waals surface area (Å²) in [6, 6.07) is 5.32. The number of nitro groups is 1. The fourth-order valence-electron chi connectivity index (χ4n) is 4.53. The number of hydrogen-bond donors (Lipinski definition) is 3. The molecule has 37 heavy (non-hydrogen) atoms. The molecule has 2 aliphatic rings. The highest BCUT2D eigenvalue weighted by molar-refractivity contribution is 5.79. The topological polar surface area (TPSA) is 149 Å². The number of carbonyl (C=O) groups excluding carboxylic acids is 1. The number of carboxylic acid groups (broad SMARTS) is 1. The van der Waals surface area contributed by atoms with Crippen molar-refractivity contribution in [3.63, 3.8) is 0 Å². The van der Waals surface area contributed by atoms with E-state index in [4.69, 9.17) is 14.2 Å². The first kappa shape index (κ1) is 30.6. The summed E-state index contributed by atoms with van der Waals surface area (Å²) in [5, 5.41) is 27.9. The Hall–Kier alpha value is -2.60. The van der Waals surface area contributed by atoms with Crippen LogP contribution in [0.5, 0.6) is 0 Å². The summed E-state index contributed by atoms with van der Waals surface area (Å²) < 4.78 is 17.4. The summed E-state index contributed by atoms with van der Waals surface area (Å²) in [5.41, 5.74) is -0.607. The molecule has 208 valence electrons. The van der Waals surface area contributed by atoms with Gasteiger partial charge in [-0.2, -0.15) is 0 Å². The number of nitrogens with zero attached hydrogens (tertiary/aromatic N) is 1. The van der Waals surface area contributed by atoms with E-state index in [1.54, 1.807) is 18.2 Å².